The normalized spacial score (nSPS) is 18.4. The molecule has 1 N–H and O–H groups in total. The van der Waals surface area contributed by atoms with E-state index < -0.39 is 0 Å². The summed E-state index contributed by atoms with van der Waals surface area (Å²) >= 11 is 3.29. The van der Waals surface area contributed by atoms with Crippen LogP contribution in [-0.2, 0) is 6.54 Å². The number of nitrogens with one attached hydrogen (secondary N) is 1. The minimum absolute atomic E-state index is 0.810. The molecule has 0 bridgehead atoms. The van der Waals surface area contributed by atoms with Gasteiger partial charge in [0.1, 0.15) is 5.76 Å². The van der Waals surface area contributed by atoms with Crippen molar-refractivity contribution in [2.45, 2.75) is 26.3 Å². The Morgan fingerprint density at radius 2 is 2.36 bits per heavy atom. The highest BCUT2D eigenvalue weighted by Gasteiger charge is 2.27. The zero-order valence-electron chi connectivity index (χ0n) is 8.42. The molecular weight excluding hydrogens is 242 g/mol. The Balaban J connectivity index is 1.67. The summed E-state index contributed by atoms with van der Waals surface area (Å²) < 4.78 is 6.21. The molecule has 0 spiro atoms. The summed E-state index contributed by atoms with van der Waals surface area (Å²) in [6.45, 7) is 4.26. The standard InChI is InChI=1S/C11H16BrNO/c1-8(9-2-3-9)6-13-7-10-4-5-11(12)14-10/h4-5,8-9,13H,2-3,6-7H2,1H3. The SMILES string of the molecule is CC(CNCc1ccc(Br)o1)C1CC1. The molecule has 14 heavy (non-hydrogen) atoms. The quantitative estimate of drug-likeness (QED) is 0.877. The van der Waals surface area contributed by atoms with Gasteiger partial charge >= 0.3 is 0 Å². The van der Waals surface area contributed by atoms with E-state index in [2.05, 4.69) is 28.2 Å². The predicted octanol–water partition coefficient (Wildman–Crippen LogP) is 3.18. The van der Waals surface area contributed by atoms with Gasteiger partial charge in [-0.2, -0.15) is 0 Å². The molecule has 1 saturated carbocycles. The summed E-state index contributed by atoms with van der Waals surface area (Å²) in [5.74, 6) is 2.79. The number of rotatable bonds is 5. The van der Waals surface area contributed by atoms with Gasteiger partial charge in [-0.05, 0) is 59.3 Å². The van der Waals surface area contributed by atoms with Crippen LogP contribution in [0.4, 0.5) is 0 Å². The number of hydrogen-bond acceptors (Lipinski definition) is 2. The van der Waals surface area contributed by atoms with Crippen molar-refractivity contribution in [1.29, 1.82) is 0 Å². The van der Waals surface area contributed by atoms with Crippen molar-refractivity contribution in [2.24, 2.45) is 11.8 Å². The van der Waals surface area contributed by atoms with Gasteiger partial charge in [-0.25, -0.2) is 0 Å². The highest BCUT2D eigenvalue weighted by molar-refractivity contribution is 9.10. The average Bonchev–Trinajstić information content (AvgIpc) is 2.92. The van der Waals surface area contributed by atoms with Crippen LogP contribution in [-0.4, -0.2) is 6.54 Å². The number of furan rings is 1. The second-order valence-electron chi connectivity index (χ2n) is 4.15. The molecule has 1 aliphatic rings. The molecule has 1 aliphatic carbocycles. The molecule has 2 nitrogen and oxygen atoms in total. The van der Waals surface area contributed by atoms with Crippen LogP contribution in [0.5, 0.6) is 0 Å². The molecule has 1 aromatic rings. The van der Waals surface area contributed by atoms with Crippen molar-refractivity contribution in [2.75, 3.05) is 6.54 Å². The molecule has 3 heteroatoms. The predicted molar refractivity (Wildman–Crippen MR) is 60.0 cm³/mol. The van der Waals surface area contributed by atoms with Gasteiger partial charge in [0.2, 0.25) is 0 Å². The van der Waals surface area contributed by atoms with E-state index in [-0.39, 0.29) is 0 Å². The van der Waals surface area contributed by atoms with Gasteiger partial charge in [-0.1, -0.05) is 6.92 Å². The van der Waals surface area contributed by atoms with Crippen LogP contribution in [0.3, 0.4) is 0 Å². The highest BCUT2D eigenvalue weighted by Crippen LogP contribution is 2.36. The van der Waals surface area contributed by atoms with Crippen LogP contribution >= 0.6 is 15.9 Å². The lowest BCUT2D eigenvalue weighted by molar-refractivity contribution is 0.423. The van der Waals surface area contributed by atoms with Gasteiger partial charge in [-0.15, -0.1) is 0 Å². The summed E-state index contributed by atoms with van der Waals surface area (Å²) in [6.07, 6.45) is 2.85. The second-order valence-corrected chi connectivity index (χ2v) is 4.93. The fraction of sp³-hybridized carbons (Fsp3) is 0.636. The molecule has 0 radical (unpaired) electrons. The first-order valence-corrected chi connectivity index (χ1v) is 6.00. The van der Waals surface area contributed by atoms with Crippen LogP contribution in [0.2, 0.25) is 0 Å². The third kappa shape index (κ3) is 2.85. The van der Waals surface area contributed by atoms with E-state index in [1.54, 1.807) is 0 Å². The minimum atomic E-state index is 0.810. The van der Waals surface area contributed by atoms with Gasteiger partial charge in [0.15, 0.2) is 4.67 Å². The van der Waals surface area contributed by atoms with Crippen molar-refractivity contribution in [1.82, 2.24) is 5.32 Å². The molecule has 0 aliphatic heterocycles. The highest BCUT2D eigenvalue weighted by atomic mass is 79.9. The molecule has 1 fully saturated rings. The summed E-state index contributed by atoms with van der Waals surface area (Å²) in [4.78, 5) is 0. The zero-order chi connectivity index (χ0) is 9.97. The number of hydrogen-bond donors (Lipinski definition) is 1. The van der Waals surface area contributed by atoms with Crippen molar-refractivity contribution < 1.29 is 4.42 Å². The minimum Gasteiger partial charge on any atom is -0.453 e. The first kappa shape index (κ1) is 10.2. The van der Waals surface area contributed by atoms with E-state index in [0.29, 0.717) is 0 Å². The molecule has 0 aromatic carbocycles. The van der Waals surface area contributed by atoms with E-state index in [0.717, 1.165) is 35.4 Å². The summed E-state index contributed by atoms with van der Waals surface area (Å²) in [5.41, 5.74) is 0. The topological polar surface area (TPSA) is 25.2 Å². The van der Waals surface area contributed by atoms with Gasteiger partial charge in [0.05, 0.1) is 6.54 Å². The van der Waals surface area contributed by atoms with Crippen LogP contribution in [0, 0.1) is 11.8 Å². The van der Waals surface area contributed by atoms with Gasteiger partial charge < -0.3 is 9.73 Å². The first-order chi connectivity index (χ1) is 6.75. The molecule has 0 amide bonds. The summed E-state index contributed by atoms with van der Waals surface area (Å²) in [6, 6.07) is 3.93. The summed E-state index contributed by atoms with van der Waals surface area (Å²) in [5, 5.41) is 3.42. The Kier molecular flexibility index (Phi) is 3.29. The van der Waals surface area contributed by atoms with Crippen LogP contribution in [0.1, 0.15) is 25.5 Å². The fourth-order valence-corrected chi connectivity index (χ4v) is 2.04. The van der Waals surface area contributed by atoms with Crippen molar-refractivity contribution in [3.8, 4) is 0 Å². The van der Waals surface area contributed by atoms with Crippen molar-refractivity contribution in [3.63, 3.8) is 0 Å². The Morgan fingerprint density at radius 3 is 2.93 bits per heavy atom. The molecule has 1 heterocycles. The average molecular weight is 258 g/mol. The fourth-order valence-electron chi connectivity index (χ4n) is 1.70. The lowest BCUT2D eigenvalue weighted by Crippen LogP contribution is -2.21. The number of halogens is 1. The lowest BCUT2D eigenvalue weighted by atomic mass is 10.1. The molecule has 0 saturated heterocycles. The Hall–Kier alpha value is -0.280. The van der Waals surface area contributed by atoms with Gasteiger partial charge in [0.25, 0.3) is 0 Å². The Morgan fingerprint density at radius 1 is 1.57 bits per heavy atom. The zero-order valence-corrected chi connectivity index (χ0v) is 10.0. The summed E-state index contributed by atoms with van der Waals surface area (Å²) in [7, 11) is 0. The Bertz CT molecular complexity index is 293. The maximum atomic E-state index is 5.40. The van der Waals surface area contributed by atoms with Crippen LogP contribution in [0.25, 0.3) is 0 Å². The third-order valence-corrected chi connectivity index (χ3v) is 3.25. The lowest BCUT2D eigenvalue weighted by Gasteiger charge is -2.09. The monoisotopic (exact) mass is 257 g/mol. The van der Waals surface area contributed by atoms with E-state index in [1.807, 2.05) is 12.1 Å². The molecule has 2 rings (SSSR count). The van der Waals surface area contributed by atoms with E-state index >= 15 is 0 Å². The largest absolute Gasteiger partial charge is 0.453 e. The maximum absolute atomic E-state index is 5.40. The third-order valence-electron chi connectivity index (χ3n) is 2.82. The Labute approximate surface area is 93.2 Å². The molecule has 1 atom stereocenters. The maximum Gasteiger partial charge on any atom is 0.169 e. The van der Waals surface area contributed by atoms with Crippen LogP contribution < -0.4 is 5.32 Å². The van der Waals surface area contributed by atoms with Crippen molar-refractivity contribution in [3.05, 3.63) is 22.6 Å². The first-order valence-electron chi connectivity index (χ1n) is 5.20. The molecule has 78 valence electrons. The van der Waals surface area contributed by atoms with E-state index in [1.165, 1.54) is 12.8 Å². The van der Waals surface area contributed by atoms with E-state index in [4.69, 9.17) is 4.42 Å². The smallest absolute Gasteiger partial charge is 0.169 e. The van der Waals surface area contributed by atoms with Gasteiger partial charge in [0, 0.05) is 0 Å². The second kappa shape index (κ2) is 4.49. The van der Waals surface area contributed by atoms with Crippen molar-refractivity contribution >= 4 is 15.9 Å². The molecule has 1 unspecified atom stereocenters. The molecular formula is C11H16BrNO. The van der Waals surface area contributed by atoms with Crippen LogP contribution in [0.15, 0.2) is 21.2 Å². The van der Waals surface area contributed by atoms with E-state index in [9.17, 15) is 0 Å². The molecule has 1 aromatic heterocycles. The van der Waals surface area contributed by atoms with Gasteiger partial charge in [-0.3, -0.25) is 0 Å².